The lowest BCUT2D eigenvalue weighted by molar-refractivity contribution is 0.00466. The van der Waals surface area contributed by atoms with Gasteiger partial charge >= 0.3 is 0 Å². The lowest BCUT2D eigenvalue weighted by Gasteiger charge is -2.32. The van der Waals surface area contributed by atoms with Crippen molar-refractivity contribution < 1.29 is 9.84 Å². The molecule has 1 aliphatic carbocycles. The molecule has 1 aromatic heterocycles. The largest absolute Gasteiger partial charge is 0.389 e. The Labute approximate surface area is 131 Å². The zero-order valence-corrected chi connectivity index (χ0v) is 13.1. The summed E-state index contributed by atoms with van der Waals surface area (Å²) in [7, 11) is 0. The number of morpholine rings is 1. The predicted octanol–water partition coefficient (Wildman–Crippen LogP) is 1.10. The summed E-state index contributed by atoms with van der Waals surface area (Å²) < 4.78 is 5.33. The van der Waals surface area contributed by atoms with Crippen LogP contribution in [0.4, 0.5) is 5.95 Å². The van der Waals surface area contributed by atoms with Gasteiger partial charge in [-0.3, -0.25) is 0 Å². The SMILES string of the molecule is OC1(CNCc2cnc(N3CCOCC3)nc2)CCCCC1. The van der Waals surface area contributed by atoms with Crippen molar-refractivity contribution in [2.24, 2.45) is 0 Å². The molecule has 1 saturated heterocycles. The highest BCUT2D eigenvalue weighted by molar-refractivity contribution is 5.30. The van der Waals surface area contributed by atoms with E-state index in [0.717, 1.165) is 63.5 Å². The normalized spacial score (nSPS) is 21.8. The monoisotopic (exact) mass is 306 g/mol. The predicted molar refractivity (Wildman–Crippen MR) is 84.8 cm³/mol. The third-order valence-electron chi connectivity index (χ3n) is 4.55. The average molecular weight is 306 g/mol. The van der Waals surface area contributed by atoms with Crippen LogP contribution < -0.4 is 10.2 Å². The Balaban J connectivity index is 1.46. The molecule has 0 radical (unpaired) electrons. The average Bonchev–Trinajstić information content (AvgIpc) is 2.57. The third kappa shape index (κ3) is 4.15. The van der Waals surface area contributed by atoms with Crippen molar-refractivity contribution in [3.05, 3.63) is 18.0 Å². The summed E-state index contributed by atoms with van der Waals surface area (Å²) in [5, 5.41) is 13.8. The van der Waals surface area contributed by atoms with Gasteiger partial charge in [0.2, 0.25) is 5.95 Å². The molecule has 3 rings (SSSR count). The highest BCUT2D eigenvalue weighted by Crippen LogP contribution is 2.27. The Bertz CT molecular complexity index is 454. The number of rotatable bonds is 5. The van der Waals surface area contributed by atoms with Crippen molar-refractivity contribution >= 4 is 5.95 Å². The number of hydrogen-bond acceptors (Lipinski definition) is 6. The summed E-state index contributed by atoms with van der Waals surface area (Å²) in [5.74, 6) is 0.776. The second kappa shape index (κ2) is 7.35. The van der Waals surface area contributed by atoms with Crippen LogP contribution in [0.1, 0.15) is 37.7 Å². The molecular weight excluding hydrogens is 280 g/mol. The summed E-state index contributed by atoms with van der Waals surface area (Å²) in [6, 6.07) is 0. The fourth-order valence-electron chi connectivity index (χ4n) is 3.19. The summed E-state index contributed by atoms with van der Waals surface area (Å²) in [5.41, 5.74) is 0.531. The number of nitrogens with zero attached hydrogens (tertiary/aromatic N) is 3. The highest BCUT2D eigenvalue weighted by atomic mass is 16.5. The fourth-order valence-corrected chi connectivity index (χ4v) is 3.19. The molecule has 6 nitrogen and oxygen atoms in total. The molecule has 6 heteroatoms. The van der Waals surface area contributed by atoms with Crippen LogP contribution in [0, 0.1) is 0 Å². The van der Waals surface area contributed by atoms with Crippen LogP contribution in [0.2, 0.25) is 0 Å². The van der Waals surface area contributed by atoms with Crippen LogP contribution in [-0.4, -0.2) is 53.5 Å². The van der Waals surface area contributed by atoms with E-state index < -0.39 is 5.60 Å². The molecule has 1 saturated carbocycles. The van der Waals surface area contributed by atoms with Gasteiger partial charge in [0, 0.05) is 44.1 Å². The molecule has 22 heavy (non-hydrogen) atoms. The number of nitrogens with one attached hydrogen (secondary N) is 1. The van der Waals surface area contributed by atoms with Crippen LogP contribution in [-0.2, 0) is 11.3 Å². The third-order valence-corrected chi connectivity index (χ3v) is 4.55. The van der Waals surface area contributed by atoms with Crippen LogP contribution >= 0.6 is 0 Å². The molecule has 0 atom stereocenters. The van der Waals surface area contributed by atoms with Gasteiger partial charge in [-0.25, -0.2) is 9.97 Å². The van der Waals surface area contributed by atoms with Gasteiger partial charge in [0.15, 0.2) is 0 Å². The second-order valence-electron chi connectivity index (χ2n) is 6.38. The van der Waals surface area contributed by atoms with E-state index in [0.29, 0.717) is 13.1 Å². The summed E-state index contributed by atoms with van der Waals surface area (Å²) >= 11 is 0. The van der Waals surface area contributed by atoms with E-state index in [-0.39, 0.29) is 0 Å². The number of anilines is 1. The maximum Gasteiger partial charge on any atom is 0.225 e. The standard InChI is InChI=1S/C16H26N4O2/c21-16(4-2-1-3-5-16)13-17-10-14-11-18-15(19-12-14)20-6-8-22-9-7-20/h11-12,17,21H,1-10,13H2. The minimum Gasteiger partial charge on any atom is -0.389 e. The topological polar surface area (TPSA) is 70.5 Å². The van der Waals surface area contributed by atoms with Crippen LogP contribution in [0.5, 0.6) is 0 Å². The van der Waals surface area contributed by atoms with E-state index in [1.807, 2.05) is 12.4 Å². The highest BCUT2D eigenvalue weighted by Gasteiger charge is 2.28. The van der Waals surface area contributed by atoms with Crippen molar-refractivity contribution in [3.8, 4) is 0 Å². The van der Waals surface area contributed by atoms with Crippen molar-refractivity contribution in [2.45, 2.75) is 44.2 Å². The smallest absolute Gasteiger partial charge is 0.225 e. The Morgan fingerprint density at radius 2 is 1.82 bits per heavy atom. The molecule has 1 aromatic rings. The molecule has 2 N–H and O–H groups in total. The first-order valence-corrected chi connectivity index (χ1v) is 8.32. The van der Waals surface area contributed by atoms with E-state index >= 15 is 0 Å². The fraction of sp³-hybridized carbons (Fsp3) is 0.750. The molecule has 122 valence electrons. The van der Waals surface area contributed by atoms with Gasteiger partial charge in [0.1, 0.15) is 0 Å². The Hall–Kier alpha value is -1.24. The van der Waals surface area contributed by atoms with Gasteiger partial charge in [-0.1, -0.05) is 19.3 Å². The van der Waals surface area contributed by atoms with E-state index in [1.165, 1.54) is 6.42 Å². The van der Waals surface area contributed by atoms with Gasteiger partial charge in [0.05, 0.1) is 18.8 Å². The Morgan fingerprint density at radius 1 is 1.14 bits per heavy atom. The zero-order chi connectivity index (χ0) is 15.3. The number of aliphatic hydroxyl groups is 1. The first-order valence-electron chi connectivity index (χ1n) is 8.32. The zero-order valence-electron chi connectivity index (χ0n) is 13.1. The molecule has 0 aromatic carbocycles. The number of aromatic nitrogens is 2. The minimum atomic E-state index is -0.521. The van der Waals surface area contributed by atoms with Crippen molar-refractivity contribution in [1.82, 2.24) is 15.3 Å². The van der Waals surface area contributed by atoms with E-state index in [4.69, 9.17) is 4.74 Å². The van der Waals surface area contributed by atoms with Crippen LogP contribution in [0.15, 0.2) is 12.4 Å². The molecular formula is C16H26N4O2. The molecule has 0 unspecified atom stereocenters. The van der Waals surface area contributed by atoms with Gasteiger partial charge in [-0.2, -0.15) is 0 Å². The van der Waals surface area contributed by atoms with E-state index in [9.17, 15) is 5.11 Å². The van der Waals surface area contributed by atoms with Gasteiger partial charge in [0.25, 0.3) is 0 Å². The van der Waals surface area contributed by atoms with Crippen molar-refractivity contribution in [3.63, 3.8) is 0 Å². The second-order valence-corrected chi connectivity index (χ2v) is 6.38. The van der Waals surface area contributed by atoms with Gasteiger partial charge in [-0.15, -0.1) is 0 Å². The maximum absolute atomic E-state index is 10.5. The molecule has 0 spiro atoms. The summed E-state index contributed by atoms with van der Waals surface area (Å²) in [6.07, 6.45) is 9.08. The maximum atomic E-state index is 10.5. The minimum absolute atomic E-state index is 0.521. The first kappa shape index (κ1) is 15.6. The van der Waals surface area contributed by atoms with Crippen molar-refractivity contribution in [2.75, 3.05) is 37.7 Å². The van der Waals surface area contributed by atoms with Gasteiger partial charge in [-0.05, 0) is 12.8 Å². The summed E-state index contributed by atoms with van der Waals surface area (Å²) in [6.45, 7) is 4.54. The lowest BCUT2D eigenvalue weighted by atomic mass is 9.85. The Kier molecular flexibility index (Phi) is 5.23. The first-order chi connectivity index (χ1) is 10.8. The quantitative estimate of drug-likeness (QED) is 0.849. The molecule has 2 heterocycles. The molecule has 0 amide bonds. The van der Waals surface area contributed by atoms with Crippen molar-refractivity contribution in [1.29, 1.82) is 0 Å². The van der Waals surface area contributed by atoms with E-state index in [1.54, 1.807) is 0 Å². The molecule has 0 bridgehead atoms. The number of hydrogen-bond donors (Lipinski definition) is 2. The van der Waals surface area contributed by atoms with E-state index in [2.05, 4.69) is 20.2 Å². The van der Waals surface area contributed by atoms with Crippen LogP contribution in [0.25, 0.3) is 0 Å². The summed E-state index contributed by atoms with van der Waals surface area (Å²) in [4.78, 5) is 11.0. The van der Waals surface area contributed by atoms with Crippen LogP contribution in [0.3, 0.4) is 0 Å². The molecule has 1 aliphatic heterocycles. The lowest BCUT2D eigenvalue weighted by Crippen LogP contribution is -2.42. The molecule has 2 aliphatic rings. The molecule has 2 fully saturated rings. The number of ether oxygens (including phenoxy) is 1. The van der Waals surface area contributed by atoms with Gasteiger partial charge < -0.3 is 20.1 Å². The Morgan fingerprint density at radius 3 is 2.50 bits per heavy atom.